The molecule has 0 heterocycles. The summed E-state index contributed by atoms with van der Waals surface area (Å²) in [5, 5.41) is 0. The third-order valence-electron chi connectivity index (χ3n) is 2.55. The van der Waals surface area contributed by atoms with Crippen LogP contribution >= 0.6 is 0 Å². The van der Waals surface area contributed by atoms with Crippen LogP contribution in [0.1, 0.15) is 11.1 Å². The Morgan fingerprint density at radius 1 is 1.10 bits per heavy atom. The molecule has 0 spiro atoms. The minimum Gasteiger partial charge on any atom is -0.486 e. The molecule has 102 valence electrons. The highest BCUT2D eigenvalue weighted by Gasteiger charge is 2.05. The fraction of sp³-hybridized carbons (Fsp3) is 0.125. The molecule has 0 radical (unpaired) electrons. The maximum absolute atomic E-state index is 13.4. The molecule has 0 bridgehead atoms. The molecule has 4 heteroatoms. The SMILES string of the molecule is NCC#Cc1cccc(COc2cc(F)ccc2F)c1. The van der Waals surface area contributed by atoms with Gasteiger partial charge in [0.05, 0.1) is 6.54 Å². The van der Waals surface area contributed by atoms with Crippen molar-refractivity contribution in [1.82, 2.24) is 0 Å². The van der Waals surface area contributed by atoms with Crippen molar-refractivity contribution in [3.05, 3.63) is 65.2 Å². The Balaban J connectivity index is 2.09. The highest BCUT2D eigenvalue weighted by molar-refractivity contribution is 5.37. The van der Waals surface area contributed by atoms with Crippen LogP contribution in [0.2, 0.25) is 0 Å². The second kappa shape index (κ2) is 6.69. The summed E-state index contributed by atoms with van der Waals surface area (Å²) in [6, 6.07) is 10.4. The zero-order valence-electron chi connectivity index (χ0n) is 10.7. The fourth-order valence-electron chi connectivity index (χ4n) is 1.64. The van der Waals surface area contributed by atoms with Gasteiger partial charge in [-0.15, -0.1) is 0 Å². The van der Waals surface area contributed by atoms with Crippen LogP contribution in [0.25, 0.3) is 0 Å². The molecule has 0 aromatic heterocycles. The van der Waals surface area contributed by atoms with E-state index >= 15 is 0 Å². The molecule has 2 aromatic rings. The number of rotatable bonds is 3. The van der Waals surface area contributed by atoms with E-state index in [4.69, 9.17) is 10.5 Å². The summed E-state index contributed by atoms with van der Waals surface area (Å²) in [5.74, 6) is 4.41. The molecule has 2 N–H and O–H groups in total. The molecule has 0 fully saturated rings. The zero-order valence-corrected chi connectivity index (χ0v) is 10.7. The van der Waals surface area contributed by atoms with Gasteiger partial charge in [0.15, 0.2) is 11.6 Å². The first-order valence-electron chi connectivity index (χ1n) is 6.05. The third-order valence-corrected chi connectivity index (χ3v) is 2.55. The summed E-state index contributed by atoms with van der Waals surface area (Å²) < 4.78 is 31.7. The molecule has 0 aliphatic carbocycles. The first-order valence-corrected chi connectivity index (χ1v) is 6.05. The van der Waals surface area contributed by atoms with E-state index in [0.29, 0.717) is 0 Å². The first kappa shape index (κ1) is 14.0. The van der Waals surface area contributed by atoms with E-state index in [2.05, 4.69) is 11.8 Å². The molecular formula is C16H13F2NO. The van der Waals surface area contributed by atoms with E-state index in [1.807, 2.05) is 24.3 Å². The number of ether oxygens (including phenoxy) is 1. The van der Waals surface area contributed by atoms with Crippen LogP contribution in [0.3, 0.4) is 0 Å². The van der Waals surface area contributed by atoms with Gasteiger partial charge in [0, 0.05) is 11.6 Å². The molecule has 0 aliphatic rings. The maximum Gasteiger partial charge on any atom is 0.165 e. The van der Waals surface area contributed by atoms with Gasteiger partial charge in [0.2, 0.25) is 0 Å². The predicted octanol–water partition coefficient (Wildman–Crippen LogP) is 2.85. The molecule has 0 amide bonds. The Bertz CT molecular complexity index is 659. The van der Waals surface area contributed by atoms with Crippen molar-refractivity contribution in [3.8, 4) is 17.6 Å². The van der Waals surface area contributed by atoms with Gasteiger partial charge < -0.3 is 10.5 Å². The molecule has 0 atom stereocenters. The van der Waals surface area contributed by atoms with Gasteiger partial charge in [-0.3, -0.25) is 0 Å². The van der Waals surface area contributed by atoms with Crippen LogP contribution in [0, 0.1) is 23.5 Å². The van der Waals surface area contributed by atoms with E-state index in [0.717, 1.165) is 29.3 Å². The topological polar surface area (TPSA) is 35.2 Å². The van der Waals surface area contributed by atoms with Gasteiger partial charge in [0.1, 0.15) is 12.4 Å². The smallest absolute Gasteiger partial charge is 0.165 e. The normalized spacial score (nSPS) is 9.75. The molecule has 0 saturated carbocycles. The maximum atomic E-state index is 13.4. The Hall–Kier alpha value is -2.38. The Kier molecular flexibility index (Phi) is 4.70. The molecule has 2 rings (SSSR count). The molecule has 2 aromatic carbocycles. The van der Waals surface area contributed by atoms with E-state index < -0.39 is 11.6 Å². The molecule has 20 heavy (non-hydrogen) atoms. The van der Waals surface area contributed by atoms with Gasteiger partial charge in [-0.05, 0) is 29.8 Å². The summed E-state index contributed by atoms with van der Waals surface area (Å²) >= 11 is 0. The zero-order chi connectivity index (χ0) is 14.4. The Labute approximate surface area is 116 Å². The summed E-state index contributed by atoms with van der Waals surface area (Å²) in [6.45, 7) is 0.424. The second-order valence-electron chi connectivity index (χ2n) is 4.07. The van der Waals surface area contributed by atoms with Crippen LogP contribution in [-0.2, 0) is 6.61 Å². The standard InChI is InChI=1S/C16H13F2NO/c17-14-6-7-15(18)16(10-14)20-11-13-4-1-3-12(9-13)5-2-8-19/h1,3-4,6-7,9-10H,8,11,19H2. The van der Waals surface area contributed by atoms with Crippen molar-refractivity contribution >= 4 is 0 Å². The number of hydrogen-bond acceptors (Lipinski definition) is 2. The van der Waals surface area contributed by atoms with Gasteiger partial charge in [0.25, 0.3) is 0 Å². The van der Waals surface area contributed by atoms with E-state index in [9.17, 15) is 8.78 Å². The number of halogens is 2. The predicted molar refractivity (Wildman–Crippen MR) is 73.1 cm³/mol. The highest BCUT2D eigenvalue weighted by Crippen LogP contribution is 2.19. The number of nitrogens with two attached hydrogens (primary N) is 1. The second-order valence-corrected chi connectivity index (χ2v) is 4.07. The van der Waals surface area contributed by atoms with E-state index in [-0.39, 0.29) is 18.9 Å². The van der Waals surface area contributed by atoms with Crippen molar-refractivity contribution in [1.29, 1.82) is 0 Å². The molecule has 0 aliphatic heterocycles. The van der Waals surface area contributed by atoms with Crippen molar-refractivity contribution < 1.29 is 13.5 Å². The Morgan fingerprint density at radius 2 is 1.95 bits per heavy atom. The van der Waals surface area contributed by atoms with Crippen LogP contribution in [-0.4, -0.2) is 6.54 Å². The summed E-state index contributed by atoms with van der Waals surface area (Å²) in [4.78, 5) is 0. The van der Waals surface area contributed by atoms with Crippen LogP contribution in [0.4, 0.5) is 8.78 Å². The minimum absolute atomic E-state index is 0.108. The lowest BCUT2D eigenvalue weighted by molar-refractivity contribution is 0.288. The fourth-order valence-corrected chi connectivity index (χ4v) is 1.64. The van der Waals surface area contributed by atoms with E-state index in [1.165, 1.54) is 0 Å². The summed E-state index contributed by atoms with van der Waals surface area (Å²) in [6.07, 6.45) is 0. The lowest BCUT2D eigenvalue weighted by atomic mass is 10.1. The van der Waals surface area contributed by atoms with Gasteiger partial charge in [-0.25, -0.2) is 8.78 Å². The lowest BCUT2D eigenvalue weighted by Crippen LogP contribution is -1.98. The number of hydrogen-bond donors (Lipinski definition) is 1. The first-order chi connectivity index (χ1) is 9.69. The average molecular weight is 273 g/mol. The van der Waals surface area contributed by atoms with Crippen LogP contribution < -0.4 is 10.5 Å². The van der Waals surface area contributed by atoms with Gasteiger partial charge in [-0.2, -0.15) is 0 Å². The van der Waals surface area contributed by atoms with Crippen molar-refractivity contribution in [2.45, 2.75) is 6.61 Å². The Morgan fingerprint density at radius 3 is 2.75 bits per heavy atom. The van der Waals surface area contributed by atoms with Crippen LogP contribution in [0.5, 0.6) is 5.75 Å². The summed E-state index contributed by atoms with van der Waals surface area (Å²) in [5.41, 5.74) is 6.92. The van der Waals surface area contributed by atoms with E-state index in [1.54, 1.807) is 0 Å². The lowest BCUT2D eigenvalue weighted by Gasteiger charge is -2.07. The highest BCUT2D eigenvalue weighted by atomic mass is 19.1. The minimum atomic E-state index is -0.592. The van der Waals surface area contributed by atoms with Crippen molar-refractivity contribution in [2.75, 3.05) is 6.54 Å². The van der Waals surface area contributed by atoms with Crippen molar-refractivity contribution in [2.24, 2.45) is 5.73 Å². The largest absolute Gasteiger partial charge is 0.486 e. The van der Waals surface area contributed by atoms with Gasteiger partial charge in [-0.1, -0.05) is 24.0 Å². The van der Waals surface area contributed by atoms with Crippen molar-refractivity contribution in [3.63, 3.8) is 0 Å². The molecule has 0 unspecified atom stereocenters. The molecular weight excluding hydrogens is 260 g/mol. The molecule has 2 nitrogen and oxygen atoms in total. The molecule has 0 saturated heterocycles. The summed E-state index contributed by atoms with van der Waals surface area (Å²) in [7, 11) is 0. The quantitative estimate of drug-likeness (QED) is 0.873. The third kappa shape index (κ3) is 3.81. The number of benzene rings is 2. The average Bonchev–Trinajstić information content (AvgIpc) is 2.46. The van der Waals surface area contributed by atoms with Crippen LogP contribution in [0.15, 0.2) is 42.5 Å². The van der Waals surface area contributed by atoms with Gasteiger partial charge >= 0.3 is 0 Å². The monoisotopic (exact) mass is 273 g/mol.